The molecule has 0 spiro atoms. The van der Waals surface area contributed by atoms with E-state index >= 15 is 0 Å². The smallest absolute Gasteiger partial charge is 0.230 e. The largest absolute Gasteiger partial charge is 0.303 e. The zero-order chi connectivity index (χ0) is 7.98. The predicted molar refractivity (Wildman–Crippen MR) is 43.5 cm³/mol. The molecule has 58 valence electrons. The first-order chi connectivity index (χ1) is 4.70. The molecule has 0 saturated carbocycles. The van der Waals surface area contributed by atoms with Gasteiger partial charge in [-0.1, -0.05) is 25.6 Å². The van der Waals surface area contributed by atoms with Crippen molar-refractivity contribution in [2.45, 2.75) is 12.8 Å². The Bertz CT molecular complexity index is 123. The van der Waals surface area contributed by atoms with Gasteiger partial charge < -0.3 is 9.44 Å². The third kappa shape index (κ3) is 4.51. The number of amides is 2. The predicted octanol–water partition coefficient (Wildman–Crippen LogP) is -0.311. The van der Waals surface area contributed by atoms with Gasteiger partial charge in [-0.05, 0) is 0 Å². The molecule has 0 atom stereocenters. The molecule has 2 N–H and O–H groups in total. The Morgan fingerprint density at radius 1 is 1.00 bits per heavy atom. The third-order valence-corrected chi connectivity index (χ3v) is 1.33. The lowest BCUT2D eigenvalue weighted by molar-refractivity contribution is -0.124. The van der Waals surface area contributed by atoms with Crippen LogP contribution in [-0.2, 0) is 9.59 Å². The van der Waals surface area contributed by atoms with Gasteiger partial charge in [-0.25, -0.2) is 0 Å². The summed E-state index contributed by atoms with van der Waals surface area (Å²) < 4.78 is 4.19. The van der Waals surface area contributed by atoms with Gasteiger partial charge in [0.05, 0.1) is 0 Å². The number of thiol groups is 2. The molecule has 0 aromatic carbocycles. The molecule has 10 heavy (non-hydrogen) atoms. The van der Waals surface area contributed by atoms with Crippen LogP contribution in [0.25, 0.3) is 0 Å². The summed E-state index contributed by atoms with van der Waals surface area (Å²) in [4.78, 5) is 20.9. The third-order valence-electron chi connectivity index (χ3n) is 0.829. The van der Waals surface area contributed by atoms with Crippen molar-refractivity contribution in [1.82, 2.24) is 9.44 Å². The number of carbonyl (C=O) groups is 2. The Kier molecular flexibility index (Phi) is 5.23. The number of nitrogens with one attached hydrogen (secondary N) is 2. The molecule has 0 aliphatic carbocycles. The van der Waals surface area contributed by atoms with E-state index in [9.17, 15) is 9.59 Å². The maximum Gasteiger partial charge on any atom is 0.230 e. The first-order valence-electron chi connectivity index (χ1n) is 2.56. The van der Waals surface area contributed by atoms with Gasteiger partial charge in [0.1, 0.15) is 0 Å². The molecule has 0 aliphatic heterocycles. The van der Waals surface area contributed by atoms with Gasteiger partial charge >= 0.3 is 0 Å². The lowest BCUT2D eigenvalue weighted by Crippen LogP contribution is -2.18. The molecule has 0 bridgehead atoms. The van der Waals surface area contributed by atoms with Crippen molar-refractivity contribution in [3.63, 3.8) is 0 Å². The van der Waals surface area contributed by atoms with Crippen LogP contribution in [0.2, 0.25) is 0 Å². The summed E-state index contributed by atoms with van der Waals surface area (Å²) in [5, 5.41) is 0. The normalized spacial score (nSPS) is 8.60. The Labute approximate surface area is 69.8 Å². The van der Waals surface area contributed by atoms with Gasteiger partial charge in [-0.15, -0.1) is 0 Å². The number of rotatable bonds is 3. The maximum absolute atomic E-state index is 10.4. The standard InChI is InChI=1S/C4H8N2O2S2/c7-3(5-9)1-2-4(8)6-10/h9-10H,1-2H2,(H,5,7)(H,6,8). The van der Waals surface area contributed by atoms with E-state index in [0.29, 0.717) is 0 Å². The molecule has 0 aliphatic rings. The Hall–Kier alpha value is -0.360. The summed E-state index contributed by atoms with van der Waals surface area (Å²) in [6.45, 7) is 0. The summed E-state index contributed by atoms with van der Waals surface area (Å²) in [5.74, 6) is -0.555. The molecule has 2 amide bonds. The molecular formula is C4H8N2O2S2. The van der Waals surface area contributed by atoms with Crippen LogP contribution in [-0.4, -0.2) is 11.8 Å². The Morgan fingerprint density at radius 3 is 1.50 bits per heavy atom. The van der Waals surface area contributed by atoms with Gasteiger partial charge in [0.25, 0.3) is 0 Å². The summed E-state index contributed by atoms with van der Waals surface area (Å²) in [5.41, 5.74) is 0. The van der Waals surface area contributed by atoms with Crippen LogP contribution in [0.1, 0.15) is 12.8 Å². The minimum atomic E-state index is -0.278. The second-order valence-corrected chi connectivity index (χ2v) is 2.02. The fraction of sp³-hybridized carbons (Fsp3) is 0.500. The van der Waals surface area contributed by atoms with Crippen LogP contribution < -0.4 is 9.44 Å². The summed E-state index contributed by atoms with van der Waals surface area (Å²) in [6.07, 6.45) is 0.270. The molecule has 0 heterocycles. The second kappa shape index (κ2) is 5.43. The van der Waals surface area contributed by atoms with Crippen molar-refractivity contribution < 1.29 is 9.59 Å². The Morgan fingerprint density at radius 2 is 1.30 bits per heavy atom. The fourth-order valence-corrected chi connectivity index (χ4v) is 0.562. The zero-order valence-electron chi connectivity index (χ0n) is 5.13. The monoisotopic (exact) mass is 180 g/mol. The van der Waals surface area contributed by atoms with E-state index in [-0.39, 0.29) is 24.7 Å². The molecule has 0 aromatic heterocycles. The number of carbonyl (C=O) groups excluding carboxylic acids is 2. The van der Waals surface area contributed by atoms with E-state index in [1.165, 1.54) is 0 Å². The topological polar surface area (TPSA) is 58.2 Å². The summed E-state index contributed by atoms with van der Waals surface area (Å²) in [7, 11) is 0. The zero-order valence-corrected chi connectivity index (χ0v) is 6.91. The lowest BCUT2D eigenvalue weighted by Gasteiger charge is -1.96. The minimum absolute atomic E-state index is 0.135. The van der Waals surface area contributed by atoms with Gasteiger partial charge in [-0.2, -0.15) is 0 Å². The van der Waals surface area contributed by atoms with Crippen molar-refractivity contribution in [2.24, 2.45) is 0 Å². The fourth-order valence-electron chi connectivity index (χ4n) is 0.339. The average Bonchev–Trinajstić information content (AvgIpc) is 1.99. The molecule has 0 saturated heterocycles. The molecule has 0 rings (SSSR count). The molecule has 0 radical (unpaired) electrons. The molecule has 0 unspecified atom stereocenters. The van der Waals surface area contributed by atoms with Crippen LogP contribution in [0.15, 0.2) is 0 Å². The Balaban J connectivity index is 3.35. The van der Waals surface area contributed by atoms with E-state index in [1.54, 1.807) is 0 Å². The average molecular weight is 180 g/mol. The van der Waals surface area contributed by atoms with Crippen LogP contribution in [0.5, 0.6) is 0 Å². The lowest BCUT2D eigenvalue weighted by atomic mass is 10.3. The number of hydrogen-bond acceptors (Lipinski definition) is 4. The van der Waals surface area contributed by atoms with Crippen LogP contribution in [0.4, 0.5) is 0 Å². The molecule has 0 aromatic rings. The van der Waals surface area contributed by atoms with Gasteiger partial charge in [0.15, 0.2) is 0 Å². The summed E-state index contributed by atoms with van der Waals surface area (Å²) >= 11 is 6.99. The van der Waals surface area contributed by atoms with Gasteiger partial charge in [0.2, 0.25) is 11.8 Å². The van der Waals surface area contributed by atoms with E-state index < -0.39 is 0 Å². The highest BCUT2D eigenvalue weighted by atomic mass is 32.1. The van der Waals surface area contributed by atoms with Crippen molar-refractivity contribution in [3.05, 3.63) is 0 Å². The maximum atomic E-state index is 10.4. The van der Waals surface area contributed by atoms with Crippen molar-refractivity contribution in [3.8, 4) is 0 Å². The highest BCUT2D eigenvalue weighted by Gasteiger charge is 2.02. The SMILES string of the molecule is O=C(CCC(=O)NS)NS. The van der Waals surface area contributed by atoms with Crippen molar-refractivity contribution >= 4 is 37.4 Å². The molecule has 4 nitrogen and oxygen atoms in total. The first-order valence-corrected chi connectivity index (χ1v) is 3.46. The van der Waals surface area contributed by atoms with Crippen LogP contribution in [0.3, 0.4) is 0 Å². The molecule has 6 heteroatoms. The van der Waals surface area contributed by atoms with Gasteiger partial charge in [0, 0.05) is 12.8 Å². The van der Waals surface area contributed by atoms with E-state index in [2.05, 4.69) is 35.1 Å². The van der Waals surface area contributed by atoms with E-state index in [1.807, 2.05) is 0 Å². The second-order valence-electron chi connectivity index (χ2n) is 1.57. The van der Waals surface area contributed by atoms with E-state index in [0.717, 1.165) is 0 Å². The summed E-state index contributed by atoms with van der Waals surface area (Å²) in [6, 6.07) is 0. The quantitative estimate of drug-likeness (QED) is 0.450. The van der Waals surface area contributed by atoms with Gasteiger partial charge in [-0.3, -0.25) is 9.59 Å². The first kappa shape index (κ1) is 9.64. The van der Waals surface area contributed by atoms with Crippen molar-refractivity contribution in [2.75, 3.05) is 0 Å². The van der Waals surface area contributed by atoms with Crippen molar-refractivity contribution in [1.29, 1.82) is 0 Å². The molecular weight excluding hydrogens is 172 g/mol. The highest BCUT2D eigenvalue weighted by Crippen LogP contribution is 1.89. The molecule has 0 fully saturated rings. The van der Waals surface area contributed by atoms with Crippen LogP contribution >= 0.6 is 25.6 Å². The minimum Gasteiger partial charge on any atom is -0.303 e. The van der Waals surface area contributed by atoms with E-state index in [4.69, 9.17) is 0 Å². The van der Waals surface area contributed by atoms with Crippen LogP contribution in [0, 0.1) is 0 Å². The number of hydrogen-bond donors (Lipinski definition) is 4. The highest BCUT2D eigenvalue weighted by molar-refractivity contribution is 7.78.